The molecule has 1 aromatic carbocycles. The lowest BCUT2D eigenvalue weighted by Crippen LogP contribution is -2.44. The Morgan fingerprint density at radius 3 is 2.57 bits per heavy atom. The van der Waals surface area contributed by atoms with E-state index < -0.39 is 0 Å². The molecule has 6 nitrogen and oxygen atoms in total. The first-order valence-electron chi connectivity index (χ1n) is 7.82. The molecule has 4 rings (SSSR count). The molecular formula is C17H19N5O. The third-order valence-corrected chi connectivity index (χ3v) is 4.41. The zero-order chi connectivity index (χ0) is 15.8. The number of H-pyrrole nitrogens is 1. The normalized spacial score (nSPS) is 16.1. The Morgan fingerprint density at radius 1 is 1.04 bits per heavy atom. The van der Waals surface area contributed by atoms with E-state index in [9.17, 15) is 4.79 Å². The highest BCUT2D eigenvalue weighted by Gasteiger charge is 2.15. The van der Waals surface area contributed by atoms with Gasteiger partial charge in [0.2, 0.25) is 0 Å². The summed E-state index contributed by atoms with van der Waals surface area (Å²) in [7, 11) is 2.14. The third kappa shape index (κ3) is 2.51. The lowest BCUT2D eigenvalue weighted by atomic mass is 10.3. The van der Waals surface area contributed by atoms with Gasteiger partial charge in [0.15, 0.2) is 0 Å². The van der Waals surface area contributed by atoms with Gasteiger partial charge in [-0.2, -0.15) is 0 Å². The van der Waals surface area contributed by atoms with Crippen molar-refractivity contribution in [2.45, 2.75) is 0 Å². The average molecular weight is 309 g/mol. The number of pyridine rings is 1. The second-order valence-corrected chi connectivity index (χ2v) is 5.95. The van der Waals surface area contributed by atoms with Crippen LogP contribution >= 0.6 is 0 Å². The second kappa shape index (κ2) is 5.55. The molecule has 0 unspecified atom stereocenters. The monoisotopic (exact) mass is 309 g/mol. The van der Waals surface area contributed by atoms with Crippen molar-refractivity contribution in [1.82, 2.24) is 19.4 Å². The topological polar surface area (TPSA) is 57.2 Å². The average Bonchev–Trinajstić information content (AvgIpc) is 2.91. The van der Waals surface area contributed by atoms with Crippen LogP contribution in [-0.2, 0) is 0 Å². The molecule has 23 heavy (non-hydrogen) atoms. The molecule has 1 fully saturated rings. The SMILES string of the molecule is CN1CCN(c2ccc(-n3c(=O)[nH]c4ccccc43)cn2)CC1. The quantitative estimate of drug-likeness (QED) is 0.779. The van der Waals surface area contributed by atoms with E-state index in [1.165, 1.54) is 0 Å². The number of para-hydroxylation sites is 2. The molecule has 0 spiro atoms. The van der Waals surface area contributed by atoms with Gasteiger partial charge in [-0.25, -0.2) is 9.78 Å². The van der Waals surface area contributed by atoms with Gasteiger partial charge in [-0.15, -0.1) is 0 Å². The van der Waals surface area contributed by atoms with Crippen LogP contribution in [0.3, 0.4) is 0 Å². The Kier molecular flexibility index (Phi) is 3.38. The van der Waals surface area contributed by atoms with Gasteiger partial charge in [0.05, 0.1) is 22.9 Å². The summed E-state index contributed by atoms with van der Waals surface area (Å²) < 4.78 is 1.66. The fourth-order valence-electron chi connectivity index (χ4n) is 3.04. The van der Waals surface area contributed by atoms with Gasteiger partial charge in [-0.05, 0) is 31.3 Å². The molecule has 0 aliphatic carbocycles. The largest absolute Gasteiger partial charge is 0.354 e. The van der Waals surface area contributed by atoms with E-state index in [1.54, 1.807) is 10.8 Å². The number of aromatic amines is 1. The van der Waals surface area contributed by atoms with Crippen LogP contribution in [0.1, 0.15) is 0 Å². The Hall–Kier alpha value is -2.60. The van der Waals surface area contributed by atoms with Crippen LogP contribution in [0.15, 0.2) is 47.4 Å². The summed E-state index contributed by atoms with van der Waals surface area (Å²) in [5.74, 6) is 0.967. The highest BCUT2D eigenvalue weighted by molar-refractivity contribution is 5.77. The molecule has 118 valence electrons. The molecule has 3 aromatic rings. The van der Waals surface area contributed by atoms with Crippen LogP contribution in [0.2, 0.25) is 0 Å². The molecule has 1 aliphatic heterocycles. The number of rotatable bonds is 2. The Morgan fingerprint density at radius 2 is 1.83 bits per heavy atom. The summed E-state index contributed by atoms with van der Waals surface area (Å²) in [6.45, 7) is 4.06. The molecule has 1 saturated heterocycles. The molecule has 2 aromatic heterocycles. The molecule has 0 atom stereocenters. The first-order valence-corrected chi connectivity index (χ1v) is 7.82. The minimum Gasteiger partial charge on any atom is -0.354 e. The maximum atomic E-state index is 12.2. The molecule has 1 aliphatic rings. The Balaban J connectivity index is 1.68. The molecule has 6 heteroatoms. The van der Waals surface area contributed by atoms with Crippen molar-refractivity contribution in [2.75, 3.05) is 38.1 Å². The maximum Gasteiger partial charge on any atom is 0.331 e. The summed E-state index contributed by atoms with van der Waals surface area (Å²) in [6.07, 6.45) is 1.77. The number of likely N-dealkylation sites (N-methyl/N-ethyl adjacent to an activating group) is 1. The molecule has 0 bridgehead atoms. The van der Waals surface area contributed by atoms with Crippen molar-refractivity contribution in [3.63, 3.8) is 0 Å². The number of fused-ring (bicyclic) bond motifs is 1. The maximum absolute atomic E-state index is 12.2. The summed E-state index contributed by atoms with van der Waals surface area (Å²) in [5.41, 5.74) is 2.35. The zero-order valence-electron chi connectivity index (χ0n) is 13.1. The van der Waals surface area contributed by atoms with Crippen molar-refractivity contribution >= 4 is 16.9 Å². The molecule has 0 amide bonds. The van der Waals surface area contributed by atoms with Gasteiger partial charge in [0, 0.05) is 26.2 Å². The number of aromatic nitrogens is 3. The molecule has 0 saturated carbocycles. The molecule has 0 radical (unpaired) electrons. The Labute approximate surface area is 134 Å². The van der Waals surface area contributed by atoms with Gasteiger partial charge in [-0.1, -0.05) is 12.1 Å². The summed E-state index contributed by atoms with van der Waals surface area (Å²) in [4.78, 5) is 24.3. The number of nitrogens with one attached hydrogen (secondary N) is 1. The van der Waals surface area contributed by atoms with Gasteiger partial charge >= 0.3 is 5.69 Å². The highest BCUT2D eigenvalue weighted by Crippen LogP contribution is 2.18. The van der Waals surface area contributed by atoms with E-state index in [1.807, 2.05) is 36.4 Å². The van der Waals surface area contributed by atoms with Crippen molar-refractivity contribution in [1.29, 1.82) is 0 Å². The van der Waals surface area contributed by atoms with Crippen LogP contribution in [0, 0.1) is 0 Å². The van der Waals surface area contributed by atoms with E-state index in [-0.39, 0.29) is 5.69 Å². The van der Waals surface area contributed by atoms with Gasteiger partial charge in [-0.3, -0.25) is 4.57 Å². The standard InChI is InChI=1S/C17H19N5O/c1-20-8-10-21(11-9-20)16-7-6-13(12-18-16)22-15-5-3-2-4-14(15)19-17(22)23/h2-7,12H,8-11H2,1H3,(H,19,23). The van der Waals surface area contributed by atoms with Gasteiger partial charge < -0.3 is 14.8 Å². The minimum atomic E-state index is -0.139. The number of anilines is 1. The van der Waals surface area contributed by atoms with E-state index in [0.29, 0.717) is 0 Å². The Bertz CT molecular complexity index is 872. The predicted octanol–water partition coefficient (Wildman–Crippen LogP) is 1.47. The number of benzene rings is 1. The van der Waals surface area contributed by atoms with E-state index in [4.69, 9.17) is 0 Å². The van der Waals surface area contributed by atoms with Crippen molar-refractivity contribution < 1.29 is 0 Å². The fourth-order valence-corrected chi connectivity index (χ4v) is 3.04. The lowest BCUT2D eigenvalue weighted by molar-refractivity contribution is 0.312. The van der Waals surface area contributed by atoms with Gasteiger partial charge in [0.25, 0.3) is 0 Å². The van der Waals surface area contributed by atoms with Crippen molar-refractivity contribution in [2.24, 2.45) is 0 Å². The zero-order valence-corrected chi connectivity index (χ0v) is 13.1. The second-order valence-electron chi connectivity index (χ2n) is 5.95. The van der Waals surface area contributed by atoms with Crippen LogP contribution in [0.5, 0.6) is 0 Å². The highest BCUT2D eigenvalue weighted by atomic mass is 16.1. The number of imidazole rings is 1. The van der Waals surface area contributed by atoms with Gasteiger partial charge in [0.1, 0.15) is 5.82 Å². The first kappa shape index (κ1) is 14.0. The first-order chi connectivity index (χ1) is 11.2. The van der Waals surface area contributed by atoms with Crippen LogP contribution in [0.25, 0.3) is 16.7 Å². The summed E-state index contributed by atoms with van der Waals surface area (Å²) >= 11 is 0. The predicted molar refractivity (Wildman–Crippen MR) is 91.4 cm³/mol. The lowest BCUT2D eigenvalue weighted by Gasteiger charge is -2.33. The van der Waals surface area contributed by atoms with Crippen LogP contribution in [-0.4, -0.2) is 52.7 Å². The number of hydrogen-bond donors (Lipinski definition) is 1. The van der Waals surface area contributed by atoms with Crippen LogP contribution < -0.4 is 10.6 Å². The number of hydrogen-bond acceptors (Lipinski definition) is 4. The smallest absolute Gasteiger partial charge is 0.331 e. The van der Waals surface area contributed by atoms with E-state index in [0.717, 1.165) is 48.7 Å². The van der Waals surface area contributed by atoms with E-state index in [2.05, 4.69) is 26.8 Å². The van der Waals surface area contributed by atoms with Crippen molar-refractivity contribution in [3.05, 3.63) is 53.1 Å². The number of piperazine rings is 1. The van der Waals surface area contributed by atoms with Crippen molar-refractivity contribution in [3.8, 4) is 5.69 Å². The third-order valence-electron chi connectivity index (χ3n) is 4.41. The minimum absolute atomic E-state index is 0.139. The fraction of sp³-hybridized carbons (Fsp3) is 0.294. The van der Waals surface area contributed by atoms with E-state index >= 15 is 0 Å². The summed E-state index contributed by atoms with van der Waals surface area (Å²) in [6, 6.07) is 11.6. The molecular weight excluding hydrogens is 290 g/mol. The van der Waals surface area contributed by atoms with Crippen LogP contribution in [0.4, 0.5) is 5.82 Å². The summed E-state index contributed by atoms with van der Waals surface area (Å²) in [5, 5.41) is 0. The number of nitrogens with zero attached hydrogens (tertiary/aromatic N) is 4. The molecule has 1 N–H and O–H groups in total. The molecule has 3 heterocycles.